The Bertz CT molecular complexity index is 1490. The molecule has 0 saturated heterocycles. The Morgan fingerprint density at radius 2 is 1.94 bits per heavy atom. The van der Waals surface area contributed by atoms with Crippen molar-refractivity contribution in [1.29, 1.82) is 0 Å². The summed E-state index contributed by atoms with van der Waals surface area (Å²) in [6.07, 6.45) is 3.97. The highest BCUT2D eigenvalue weighted by Gasteiger charge is 2.15. The lowest BCUT2D eigenvalue weighted by Crippen LogP contribution is -2.32. The Hall–Kier alpha value is -3.78. The number of carbonyl (C=O) groups is 1. The van der Waals surface area contributed by atoms with E-state index in [1.165, 1.54) is 23.0 Å². The highest BCUT2D eigenvalue weighted by Crippen LogP contribution is 2.27. The van der Waals surface area contributed by atoms with E-state index in [0.29, 0.717) is 22.5 Å². The van der Waals surface area contributed by atoms with E-state index in [2.05, 4.69) is 20.6 Å². The van der Waals surface area contributed by atoms with Crippen LogP contribution >= 0.6 is 11.6 Å². The van der Waals surface area contributed by atoms with Crippen LogP contribution in [0.3, 0.4) is 0 Å². The van der Waals surface area contributed by atoms with Gasteiger partial charge in [-0.3, -0.25) is 19.1 Å². The molecule has 1 atom stereocenters. The van der Waals surface area contributed by atoms with Gasteiger partial charge in [0.1, 0.15) is 5.82 Å². The largest absolute Gasteiger partial charge is 0.379 e. The molecule has 2 heterocycles. The van der Waals surface area contributed by atoms with E-state index in [4.69, 9.17) is 11.6 Å². The molecule has 1 amide bonds. The maximum Gasteiger partial charge on any atom is 0.261 e. The Labute approximate surface area is 213 Å². The van der Waals surface area contributed by atoms with E-state index in [0.717, 1.165) is 34.5 Å². The molecular weight excluding hydrogens is 481 g/mol. The molecule has 0 aliphatic carbocycles. The van der Waals surface area contributed by atoms with Crippen LogP contribution in [-0.4, -0.2) is 27.5 Å². The summed E-state index contributed by atoms with van der Waals surface area (Å²) in [4.78, 5) is 34.1. The summed E-state index contributed by atoms with van der Waals surface area (Å²) < 4.78 is 14.8. The Kier molecular flexibility index (Phi) is 7.64. The zero-order chi connectivity index (χ0) is 25.8. The molecule has 2 aromatic heterocycles. The first-order valence-corrected chi connectivity index (χ1v) is 12.1. The highest BCUT2D eigenvalue weighted by molar-refractivity contribution is 6.31. The van der Waals surface area contributed by atoms with Gasteiger partial charge in [-0.1, -0.05) is 37.6 Å². The zero-order valence-corrected chi connectivity index (χ0v) is 21.1. The van der Waals surface area contributed by atoms with Gasteiger partial charge in [-0.25, -0.2) is 9.37 Å². The molecule has 0 spiro atoms. The van der Waals surface area contributed by atoms with Crippen molar-refractivity contribution < 1.29 is 9.18 Å². The summed E-state index contributed by atoms with van der Waals surface area (Å²) in [6.45, 7) is 4.42. The summed E-state index contributed by atoms with van der Waals surface area (Å²) in [5, 5.41) is 6.78. The second-order valence-corrected chi connectivity index (χ2v) is 9.02. The number of hydrogen-bond acceptors (Lipinski definition) is 5. The number of hydrogen-bond donors (Lipinski definition) is 2. The van der Waals surface area contributed by atoms with Crippen LogP contribution in [0.1, 0.15) is 25.1 Å². The number of carbonyl (C=O) groups excluding carboxylic acids is 1. The molecule has 9 heteroatoms. The number of pyridine rings is 1. The van der Waals surface area contributed by atoms with E-state index in [-0.39, 0.29) is 29.7 Å². The van der Waals surface area contributed by atoms with Crippen molar-refractivity contribution in [3.63, 3.8) is 0 Å². The summed E-state index contributed by atoms with van der Waals surface area (Å²) >= 11 is 6.18. The highest BCUT2D eigenvalue weighted by atomic mass is 35.5. The topological polar surface area (TPSA) is 88.9 Å². The molecule has 0 fully saturated rings. The molecule has 0 bridgehead atoms. The fourth-order valence-electron chi connectivity index (χ4n) is 4.03. The number of benzene rings is 2. The molecule has 4 aromatic rings. The third kappa shape index (κ3) is 5.39. The number of nitrogens with zero attached hydrogens (tertiary/aromatic N) is 3. The van der Waals surface area contributed by atoms with Gasteiger partial charge in [0, 0.05) is 36.9 Å². The number of fused-ring (bicyclic) bond motifs is 1. The predicted molar refractivity (Wildman–Crippen MR) is 141 cm³/mol. The molecule has 186 valence electrons. The molecule has 7 nitrogen and oxygen atoms in total. The van der Waals surface area contributed by atoms with Gasteiger partial charge in [0.2, 0.25) is 5.91 Å². The van der Waals surface area contributed by atoms with E-state index in [1.807, 2.05) is 19.1 Å². The molecule has 0 aliphatic rings. The van der Waals surface area contributed by atoms with Crippen molar-refractivity contribution in [2.45, 2.75) is 33.4 Å². The minimum Gasteiger partial charge on any atom is -0.379 e. The quantitative estimate of drug-likeness (QED) is 0.357. The SMILES string of the molecule is CCc1ncc(-c2ccc3ncn(CC(C)C(=O)NC)c(=O)c3c2)cc1NCc1ccc(F)cc1Cl. The summed E-state index contributed by atoms with van der Waals surface area (Å²) in [6, 6.07) is 11.8. The average molecular weight is 508 g/mol. The van der Waals surface area contributed by atoms with Crippen molar-refractivity contribution in [2.75, 3.05) is 12.4 Å². The second-order valence-electron chi connectivity index (χ2n) is 8.61. The van der Waals surface area contributed by atoms with Crippen LogP contribution in [0, 0.1) is 11.7 Å². The molecule has 0 aliphatic heterocycles. The number of aryl methyl sites for hydroxylation is 1. The third-order valence-corrected chi connectivity index (χ3v) is 6.46. The van der Waals surface area contributed by atoms with Gasteiger partial charge < -0.3 is 10.6 Å². The number of halogens is 2. The summed E-state index contributed by atoms with van der Waals surface area (Å²) in [5.41, 5.74) is 4.50. The molecule has 4 rings (SSSR count). The second kappa shape index (κ2) is 10.9. The number of amides is 1. The fraction of sp³-hybridized carbons (Fsp3) is 0.259. The van der Waals surface area contributed by atoms with Crippen LogP contribution in [-0.2, 0) is 24.3 Å². The lowest BCUT2D eigenvalue weighted by Gasteiger charge is -2.14. The van der Waals surface area contributed by atoms with Crippen LogP contribution in [0.15, 0.2) is 59.8 Å². The standard InChI is InChI=1S/C27H27ClFN5O2/c1-4-23-25(32-12-18-5-7-20(29)11-22(18)28)10-19(13-31-23)17-6-8-24-21(9-17)27(36)34(15-33-24)14-16(2)26(35)30-3/h5-11,13,15-16,32H,4,12,14H2,1-3H3,(H,30,35). The molecular formula is C27H27ClFN5O2. The first kappa shape index (κ1) is 25.3. The first-order valence-electron chi connectivity index (χ1n) is 11.7. The van der Waals surface area contributed by atoms with Gasteiger partial charge >= 0.3 is 0 Å². The third-order valence-electron chi connectivity index (χ3n) is 6.11. The van der Waals surface area contributed by atoms with Crippen molar-refractivity contribution in [3.8, 4) is 11.1 Å². The number of rotatable bonds is 8. The maximum atomic E-state index is 13.4. The van der Waals surface area contributed by atoms with Gasteiger partial charge in [-0.05, 0) is 47.9 Å². The summed E-state index contributed by atoms with van der Waals surface area (Å²) in [5.74, 6) is -0.890. The average Bonchev–Trinajstić information content (AvgIpc) is 2.89. The zero-order valence-electron chi connectivity index (χ0n) is 20.3. The normalized spacial score (nSPS) is 11.9. The minimum absolute atomic E-state index is 0.139. The van der Waals surface area contributed by atoms with E-state index in [9.17, 15) is 14.0 Å². The van der Waals surface area contributed by atoms with Crippen LogP contribution in [0.25, 0.3) is 22.0 Å². The molecule has 2 N–H and O–H groups in total. The Morgan fingerprint density at radius 3 is 2.67 bits per heavy atom. The van der Waals surface area contributed by atoms with Crippen molar-refractivity contribution in [1.82, 2.24) is 19.9 Å². The molecule has 36 heavy (non-hydrogen) atoms. The van der Waals surface area contributed by atoms with Gasteiger partial charge in [0.25, 0.3) is 5.56 Å². The van der Waals surface area contributed by atoms with E-state index in [1.54, 1.807) is 38.4 Å². The van der Waals surface area contributed by atoms with Crippen molar-refractivity contribution >= 4 is 34.1 Å². The Balaban J connectivity index is 1.66. The predicted octanol–water partition coefficient (Wildman–Crippen LogP) is 4.81. The van der Waals surface area contributed by atoms with Crippen molar-refractivity contribution in [3.05, 3.63) is 87.4 Å². The van der Waals surface area contributed by atoms with Crippen LogP contribution in [0.2, 0.25) is 5.02 Å². The summed E-state index contributed by atoms with van der Waals surface area (Å²) in [7, 11) is 1.57. The maximum absolute atomic E-state index is 13.4. The minimum atomic E-state index is -0.380. The van der Waals surface area contributed by atoms with Gasteiger partial charge in [0.15, 0.2) is 0 Å². The van der Waals surface area contributed by atoms with Gasteiger partial charge in [-0.2, -0.15) is 0 Å². The van der Waals surface area contributed by atoms with Crippen LogP contribution in [0.4, 0.5) is 10.1 Å². The fourth-order valence-corrected chi connectivity index (χ4v) is 4.27. The first-order chi connectivity index (χ1) is 17.3. The number of aromatic nitrogens is 3. The van der Waals surface area contributed by atoms with Gasteiger partial charge in [-0.15, -0.1) is 0 Å². The molecule has 0 saturated carbocycles. The monoisotopic (exact) mass is 507 g/mol. The lowest BCUT2D eigenvalue weighted by molar-refractivity contribution is -0.124. The van der Waals surface area contributed by atoms with Gasteiger partial charge in [0.05, 0.1) is 34.5 Å². The van der Waals surface area contributed by atoms with E-state index < -0.39 is 0 Å². The smallest absolute Gasteiger partial charge is 0.261 e. The van der Waals surface area contributed by atoms with Crippen LogP contribution < -0.4 is 16.2 Å². The lowest BCUT2D eigenvalue weighted by atomic mass is 10.0. The molecule has 1 unspecified atom stereocenters. The molecule has 0 radical (unpaired) electrons. The number of anilines is 1. The van der Waals surface area contributed by atoms with Crippen LogP contribution in [0.5, 0.6) is 0 Å². The molecule has 2 aromatic carbocycles. The number of nitrogens with one attached hydrogen (secondary N) is 2. The van der Waals surface area contributed by atoms with Crippen molar-refractivity contribution in [2.24, 2.45) is 5.92 Å². The van der Waals surface area contributed by atoms with E-state index >= 15 is 0 Å². The Morgan fingerprint density at radius 1 is 1.14 bits per heavy atom.